The van der Waals surface area contributed by atoms with Crippen LogP contribution < -0.4 is 5.32 Å². The lowest BCUT2D eigenvalue weighted by molar-refractivity contribution is -0.126. The molecule has 3 nitrogen and oxygen atoms in total. The van der Waals surface area contributed by atoms with Gasteiger partial charge in [0.05, 0.1) is 0 Å². The Morgan fingerprint density at radius 2 is 1.91 bits per heavy atom. The number of hydrogen-bond donors (Lipinski definition) is 1. The molecule has 1 aromatic carbocycles. The van der Waals surface area contributed by atoms with Gasteiger partial charge in [-0.15, -0.1) is 0 Å². The van der Waals surface area contributed by atoms with Gasteiger partial charge in [-0.2, -0.15) is 0 Å². The Hall–Kier alpha value is -1.42. The van der Waals surface area contributed by atoms with Crippen molar-refractivity contribution in [3.05, 3.63) is 35.6 Å². The summed E-state index contributed by atoms with van der Waals surface area (Å²) in [5.74, 6) is 0.789. The maximum absolute atomic E-state index is 12.9. The van der Waals surface area contributed by atoms with Gasteiger partial charge in [-0.25, -0.2) is 4.39 Å². The fraction of sp³-hybridized carbons (Fsp3) is 0.611. The van der Waals surface area contributed by atoms with E-state index in [1.165, 1.54) is 12.1 Å². The lowest BCUT2D eigenvalue weighted by atomic mass is 9.95. The van der Waals surface area contributed by atoms with E-state index in [-0.39, 0.29) is 17.6 Å². The highest BCUT2D eigenvalue weighted by Crippen LogP contribution is 2.19. The zero-order valence-electron chi connectivity index (χ0n) is 13.6. The number of piperidine rings is 1. The topological polar surface area (TPSA) is 32.3 Å². The Labute approximate surface area is 132 Å². The van der Waals surface area contributed by atoms with Crippen LogP contribution in [0.2, 0.25) is 0 Å². The van der Waals surface area contributed by atoms with E-state index in [0.29, 0.717) is 5.92 Å². The van der Waals surface area contributed by atoms with Gasteiger partial charge in [-0.1, -0.05) is 26.0 Å². The minimum absolute atomic E-state index is 0.150. The fourth-order valence-electron chi connectivity index (χ4n) is 2.83. The van der Waals surface area contributed by atoms with Crippen molar-refractivity contribution in [1.82, 2.24) is 10.2 Å². The van der Waals surface area contributed by atoms with E-state index in [9.17, 15) is 9.18 Å². The summed E-state index contributed by atoms with van der Waals surface area (Å²) >= 11 is 0. The van der Waals surface area contributed by atoms with Crippen molar-refractivity contribution in [2.45, 2.75) is 39.7 Å². The first kappa shape index (κ1) is 16.9. The molecule has 1 amide bonds. The molecule has 1 heterocycles. The smallest absolute Gasteiger partial charge is 0.223 e. The molecule has 0 bridgehead atoms. The van der Waals surface area contributed by atoms with E-state index in [4.69, 9.17) is 0 Å². The van der Waals surface area contributed by atoms with Crippen molar-refractivity contribution >= 4 is 5.91 Å². The summed E-state index contributed by atoms with van der Waals surface area (Å²) in [4.78, 5) is 14.4. The average Bonchev–Trinajstić information content (AvgIpc) is 2.50. The molecule has 1 fully saturated rings. The summed E-state index contributed by atoms with van der Waals surface area (Å²) in [6.07, 6.45) is 2.86. The molecule has 0 saturated carbocycles. The quantitative estimate of drug-likeness (QED) is 0.875. The predicted molar refractivity (Wildman–Crippen MR) is 86.9 cm³/mol. The number of nitrogens with zero attached hydrogens (tertiary/aromatic N) is 1. The minimum atomic E-state index is -0.194. The lowest BCUT2D eigenvalue weighted by Crippen LogP contribution is -2.40. The fourth-order valence-corrected chi connectivity index (χ4v) is 2.83. The third kappa shape index (κ3) is 5.41. The summed E-state index contributed by atoms with van der Waals surface area (Å²) < 4.78 is 12.9. The van der Waals surface area contributed by atoms with Gasteiger partial charge in [0.2, 0.25) is 5.91 Å². The Kier molecular flexibility index (Phi) is 6.37. The van der Waals surface area contributed by atoms with Crippen LogP contribution in [-0.2, 0) is 11.3 Å². The summed E-state index contributed by atoms with van der Waals surface area (Å²) in [7, 11) is 0. The molecule has 1 aliphatic heterocycles. The number of carbonyl (C=O) groups excluding carboxylic acids is 1. The third-order valence-electron chi connectivity index (χ3n) is 4.30. The lowest BCUT2D eigenvalue weighted by Gasteiger charge is -2.31. The van der Waals surface area contributed by atoms with Crippen molar-refractivity contribution in [3.63, 3.8) is 0 Å². The Morgan fingerprint density at radius 1 is 1.27 bits per heavy atom. The van der Waals surface area contributed by atoms with Gasteiger partial charge < -0.3 is 5.32 Å². The summed E-state index contributed by atoms with van der Waals surface area (Å²) in [5.41, 5.74) is 1.13. The molecule has 0 spiro atoms. The van der Waals surface area contributed by atoms with E-state index in [1.807, 2.05) is 12.1 Å². The molecule has 2 rings (SSSR count). The molecule has 1 N–H and O–H groups in total. The number of likely N-dealkylation sites (tertiary alicyclic amines) is 1. The first-order valence-corrected chi connectivity index (χ1v) is 8.29. The van der Waals surface area contributed by atoms with Crippen LogP contribution in [0.4, 0.5) is 4.39 Å². The average molecular weight is 306 g/mol. The Balaban J connectivity index is 1.71. The standard InChI is InChI=1S/C18H27FN2O/c1-14(2)7-10-20-18(22)16-8-11-21(12-9-16)13-15-3-5-17(19)6-4-15/h3-6,14,16H,7-13H2,1-2H3,(H,20,22). The van der Waals surface area contributed by atoms with Gasteiger partial charge in [0.15, 0.2) is 0 Å². The van der Waals surface area contributed by atoms with E-state index >= 15 is 0 Å². The number of hydrogen-bond acceptors (Lipinski definition) is 2. The molecule has 0 aliphatic carbocycles. The second-order valence-electron chi connectivity index (χ2n) is 6.65. The summed E-state index contributed by atoms with van der Waals surface area (Å²) in [6.45, 7) is 7.81. The molecule has 122 valence electrons. The number of rotatable bonds is 6. The van der Waals surface area contributed by atoms with Crippen LogP contribution in [0.25, 0.3) is 0 Å². The maximum atomic E-state index is 12.9. The van der Waals surface area contributed by atoms with Crippen molar-refractivity contribution in [2.24, 2.45) is 11.8 Å². The highest BCUT2D eigenvalue weighted by Gasteiger charge is 2.24. The molecule has 4 heteroatoms. The van der Waals surface area contributed by atoms with Gasteiger partial charge in [0.1, 0.15) is 5.82 Å². The van der Waals surface area contributed by atoms with Gasteiger partial charge in [0, 0.05) is 19.0 Å². The van der Waals surface area contributed by atoms with Gasteiger partial charge >= 0.3 is 0 Å². The molecule has 1 aliphatic rings. The maximum Gasteiger partial charge on any atom is 0.223 e. The van der Waals surface area contributed by atoms with Crippen LogP contribution in [0.15, 0.2) is 24.3 Å². The number of carbonyl (C=O) groups is 1. The van der Waals surface area contributed by atoms with E-state index in [2.05, 4.69) is 24.1 Å². The second-order valence-corrected chi connectivity index (χ2v) is 6.65. The first-order valence-electron chi connectivity index (χ1n) is 8.29. The van der Waals surface area contributed by atoms with Gasteiger partial charge in [-0.3, -0.25) is 9.69 Å². The van der Waals surface area contributed by atoms with Crippen LogP contribution >= 0.6 is 0 Å². The van der Waals surface area contributed by atoms with Crippen LogP contribution in [0.1, 0.15) is 38.7 Å². The SMILES string of the molecule is CC(C)CCNC(=O)C1CCN(Cc2ccc(F)cc2)CC1. The number of nitrogens with one attached hydrogen (secondary N) is 1. The molecule has 22 heavy (non-hydrogen) atoms. The van der Waals surface area contributed by atoms with Crippen molar-refractivity contribution in [1.29, 1.82) is 0 Å². The van der Waals surface area contributed by atoms with Crippen LogP contribution in [-0.4, -0.2) is 30.4 Å². The molecular formula is C18H27FN2O. The van der Waals surface area contributed by atoms with Crippen molar-refractivity contribution in [3.8, 4) is 0 Å². The zero-order chi connectivity index (χ0) is 15.9. The molecular weight excluding hydrogens is 279 g/mol. The predicted octanol–water partition coefficient (Wildman–Crippen LogP) is 3.20. The molecule has 0 atom stereocenters. The Bertz CT molecular complexity index is 464. The normalized spacial score (nSPS) is 16.9. The first-order chi connectivity index (χ1) is 10.5. The van der Waals surface area contributed by atoms with E-state index in [1.54, 1.807) is 0 Å². The van der Waals surface area contributed by atoms with Gasteiger partial charge in [0.25, 0.3) is 0 Å². The molecule has 1 aromatic rings. The molecule has 1 saturated heterocycles. The van der Waals surface area contributed by atoms with Crippen LogP contribution in [0.3, 0.4) is 0 Å². The van der Waals surface area contributed by atoms with Gasteiger partial charge in [-0.05, 0) is 56.0 Å². The highest BCUT2D eigenvalue weighted by molar-refractivity contribution is 5.78. The third-order valence-corrected chi connectivity index (χ3v) is 4.30. The monoisotopic (exact) mass is 306 g/mol. The Morgan fingerprint density at radius 3 is 2.50 bits per heavy atom. The second kappa shape index (κ2) is 8.28. The molecule has 0 aromatic heterocycles. The highest BCUT2D eigenvalue weighted by atomic mass is 19.1. The number of amides is 1. The summed E-state index contributed by atoms with van der Waals surface area (Å²) in [6, 6.07) is 6.68. The van der Waals surface area contributed by atoms with E-state index in [0.717, 1.165) is 51.0 Å². The van der Waals surface area contributed by atoms with Crippen molar-refractivity contribution < 1.29 is 9.18 Å². The molecule has 0 radical (unpaired) electrons. The van der Waals surface area contributed by atoms with Crippen LogP contribution in [0.5, 0.6) is 0 Å². The number of benzene rings is 1. The van der Waals surface area contributed by atoms with Crippen LogP contribution in [0, 0.1) is 17.7 Å². The largest absolute Gasteiger partial charge is 0.356 e. The minimum Gasteiger partial charge on any atom is -0.356 e. The van der Waals surface area contributed by atoms with Crippen molar-refractivity contribution in [2.75, 3.05) is 19.6 Å². The summed E-state index contributed by atoms with van der Waals surface area (Å²) in [5, 5.41) is 3.06. The molecule has 0 unspecified atom stereocenters. The van der Waals surface area contributed by atoms with E-state index < -0.39 is 0 Å². The number of halogens is 1. The zero-order valence-corrected chi connectivity index (χ0v) is 13.6.